The van der Waals surface area contributed by atoms with Crippen LogP contribution >= 0.6 is 0 Å². The van der Waals surface area contributed by atoms with Gasteiger partial charge in [-0.2, -0.15) is 9.57 Å². The van der Waals surface area contributed by atoms with Gasteiger partial charge >= 0.3 is 0 Å². The Morgan fingerprint density at radius 3 is 3.00 bits per heavy atom. The maximum absolute atomic E-state index is 12.1. The van der Waals surface area contributed by atoms with Gasteiger partial charge in [-0.25, -0.2) is 13.4 Å². The molecule has 124 valence electrons. The molecule has 0 radical (unpaired) electrons. The number of aromatic nitrogens is 1. The zero-order valence-corrected chi connectivity index (χ0v) is 13.8. The van der Waals surface area contributed by atoms with E-state index in [0.717, 1.165) is 10.6 Å². The Balaban J connectivity index is 1.91. The van der Waals surface area contributed by atoms with Crippen LogP contribution in [0.25, 0.3) is 0 Å². The summed E-state index contributed by atoms with van der Waals surface area (Å²) in [5.41, 5.74) is 0.454. The van der Waals surface area contributed by atoms with E-state index < -0.39 is 10.0 Å². The van der Waals surface area contributed by atoms with Gasteiger partial charge in [0.15, 0.2) is 0 Å². The van der Waals surface area contributed by atoms with E-state index in [9.17, 15) is 13.2 Å². The fourth-order valence-corrected chi connectivity index (χ4v) is 2.52. The lowest BCUT2D eigenvalue weighted by Crippen LogP contribution is -2.40. The molecule has 0 aliphatic carbocycles. The third-order valence-electron chi connectivity index (χ3n) is 3.57. The summed E-state index contributed by atoms with van der Waals surface area (Å²) in [6.07, 6.45) is 2.97. The Kier molecular flexibility index (Phi) is 5.18. The smallest absolute Gasteiger partial charge is 0.238 e. The molecule has 1 atom stereocenters. The van der Waals surface area contributed by atoms with Gasteiger partial charge in [0.1, 0.15) is 6.10 Å². The molecule has 1 aliphatic heterocycles. The number of amides is 1. The van der Waals surface area contributed by atoms with Crippen molar-refractivity contribution in [3.05, 3.63) is 23.9 Å². The summed E-state index contributed by atoms with van der Waals surface area (Å²) >= 11 is 0. The molecule has 1 fully saturated rings. The monoisotopic (exact) mass is 338 g/mol. The van der Waals surface area contributed by atoms with Gasteiger partial charge < -0.3 is 9.64 Å². The minimum absolute atomic E-state index is 0.187. The highest BCUT2D eigenvalue weighted by Crippen LogP contribution is 2.17. The second-order valence-electron chi connectivity index (χ2n) is 5.38. The molecule has 1 unspecified atom stereocenters. The molecule has 8 nitrogen and oxygen atoms in total. The van der Waals surface area contributed by atoms with Crippen LogP contribution < -0.4 is 4.74 Å². The molecular weight excluding hydrogens is 320 g/mol. The third kappa shape index (κ3) is 4.64. The molecule has 9 heteroatoms. The molecule has 2 heterocycles. The number of ether oxygens (including phenoxy) is 1. The van der Waals surface area contributed by atoms with E-state index in [2.05, 4.69) is 4.98 Å². The van der Waals surface area contributed by atoms with Gasteiger partial charge in [0.25, 0.3) is 0 Å². The van der Waals surface area contributed by atoms with Gasteiger partial charge in [0, 0.05) is 32.3 Å². The van der Waals surface area contributed by atoms with Crippen molar-refractivity contribution < 1.29 is 17.9 Å². The van der Waals surface area contributed by atoms with Crippen LogP contribution in [0.5, 0.6) is 5.88 Å². The average Bonchev–Trinajstić information content (AvgIpc) is 2.95. The molecule has 23 heavy (non-hydrogen) atoms. The number of pyridine rings is 1. The summed E-state index contributed by atoms with van der Waals surface area (Å²) in [5, 5.41) is 8.85. The minimum Gasteiger partial charge on any atom is -0.472 e. The third-order valence-corrected chi connectivity index (χ3v) is 4.83. The molecular formula is C14H18N4O4S. The van der Waals surface area contributed by atoms with Crippen LogP contribution in [0, 0.1) is 11.3 Å². The molecule has 0 N–H and O–H groups in total. The SMILES string of the molecule is CN(CC(=O)N1CCC(Oc2cc(C#N)ccn2)C1)S(C)(=O)=O. The van der Waals surface area contributed by atoms with Crippen LogP contribution in [-0.4, -0.2) is 67.6 Å². The van der Waals surface area contributed by atoms with Crippen molar-refractivity contribution >= 4 is 15.9 Å². The highest BCUT2D eigenvalue weighted by Gasteiger charge is 2.29. The van der Waals surface area contributed by atoms with E-state index in [1.54, 1.807) is 17.0 Å². The van der Waals surface area contributed by atoms with Gasteiger partial charge in [-0.3, -0.25) is 4.79 Å². The quantitative estimate of drug-likeness (QED) is 0.738. The summed E-state index contributed by atoms with van der Waals surface area (Å²) in [6.45, 7) is 0.682. The van der Waals surface area contributed by atoms with E-state index in [0.29, 0.717) is 31.0 Å². The highest BCUT2D eigenvalue weighted by molar-refractivity contribution is 7.88. The van der Waals surface area contributed by atoms with E-state index in [1.807, 2.05) is 6.07 Å². The number of likely N-dealkylation sites (N-methyl/N-ethyl adjacent to an activating group) is 1. The topological polar surface area (TPSA) is 104 Å². The minimum atomic E-state index is -3.38. The largest absolute Gasteiger partial charge is 0.472 e. The first-order valence-electron chi connectivity index (χ1n) is 7.01. The lowest BCUT2D eigenvalue weighted by atomic mass is 10.3. The molecule has 1 saturated heterocycles. The molecule has 0 bridgehead atoms. The zero-order valence-electron chi connectivity index (χ0n) is 13.0. The predicted molar refractivity (Wildman–Crippen MR) is 82.0 cm³/mol. The summed E-state index contributed by atoms with van der Waals surface area (Å²) in [6, 6.07) is 5.13. The lowest BCUT2D eigenvalue weighted by Gasteiger charge is -2.20. The molecule has 1 amide bonds. The van der Waals surface area contributed by atoms with Crippen molar-refractivity contribution in [2.75, 3.05) is 32.9 Å². The van der Waals surface area contributed by atoms with E-state index >= 15 is 0 Å². The molecule has 0 spiro atoms. The normalized spacial score (nSPS) is 18.0. The molecule has 2 rings (SSSR count). The van der Waals surface area contributed by atoms with Gasteiger partial charge in [-0.05, 0) is 6.07 Å². The number of sulfonamides is 1. The molecule has 0 aromatic carbocycles. The average molecular weight is 338 g/mol. The Morgan fingerprint density at radius 1 is 1.61 bits per heavy atom. The van der Waals surface area contributed by atoms with Crippen molar-refractivity contribution in [3.8, 4) is 11.9 Å². The van der Waals surface area contributed by atoms with Crippen LogP contribution in [0.2, 0.25) is 0 Å². The number of carbonyl (C=O) groups is 1. The maximum atomic E-state index is 12.1. The van der Waals surface area contributed by atoms with Crippen LogP contribution in [0.1, 0.15) is 12.0 Å². The fourth-order valence-electron chi connectivity index (χ4n) is 2.17. The van der Waals surface area contributed by atoms with Crippen molar-refractivity contribution in [2.24, 2.45) is 0 Å². The van der Waals surface area contributed by atoms with Crippen molar-refractivity contribution in [2.45, 2.75) is 12.5 Å². The van der Waals surface area contributed by atoms with Crippen LogP contribution in [0.15, 0.2) is 18.3 Å². The fraction of sp³-hybridized carbons (Fsp3) is 0.500. The van der Waals surface area contributed by atoms with Gasteiger partial charge in [0.2, 0.25) is 21.8 Å². The predicted octanol–water partition coefficient (Wildman–Crippen LogP) is -0.176. The second-order valence-corrected chi connectivity index (χ2v) is 7.47. The molecule has 1 aromatic rings. The van der Waals surface area contributed by atoms with E-state index in [4.69, 9.17) is 10.00 Å². The standard InChI is InChI=1S/C14H18N4O4S/c1-17(23(2,20)21)10-14(19)18-6-4-12(9-18)22-13-7-11(8-15)3-5-16-13/h3,5,7,12H,4,6,9-10H2,1-2H3. The number of hydrogen-bond donors (Lipinski definition) is 0. The molecule has 0 saturated carbocycles. The number of rotatable bonds is 5. The second kappa shape index (κ2) is 6.93. The van der Waals surface area contributed by atoms with Crippen molar-refractivity contribution in [1.29, 1.82) is 5.26 Å². The molecule has 1 aliphatic rings. The maximum Gasteiger partial charge on any atom is 0.238 e. The van der Waals surface area contributed by atoms with E-state index in [-0.39, 0.29) is 18.6 Å². The van der Waals surface area contributed by atoms with Gasteiger partial charge in [0.05, 0.1) is 31.0 Å². The Hall–Kier alpha value is -2.18. The summed E-state index contributed by atoms with van der Waals surface area (Å²) < 4.78 is 29.4. The first-order chi connectivity index (χ1) is 10.8. The van der Waals surface area contributed by atoms with Crippen molar-refractivity contribution in [1.82, 2.24) is 14.2 Å². The number of carbonyl (C=O) groups excluding carboxylic acids is 1. The number of nitriles is 1. The Bertz CT molecular complexity index is 729. The first kappa shape index (κ1) is 17.2. The van der Waals surface area contributed by atoms with E-state index in [1.165, 1.54) is 13.2 Å². The summed E-state index contributed by atoms with van der Waals surface area (Å²) in [5.74, 6) is 0.0827. The van der Waals surface area contributed by atoms with Crippen LogP contribution in [0.3, 0.4) is 0 Å². The molecule has 1 aromatic heterocycles. The van der Waals surface area contributed by atoms with Crippen LogP contribution in [-0.2, 0) is 14.8 Å². The summed E-state index contributed by atoms with van der Waals surface area (Å²) in [4.78, 5) is 17.7. The zero-order chi connectivity index (χ0) is 17.0. The lowest BCUT2D eigenvalue weighted by molar-refractivity contribution is -0.130. The number of hydrogen-bond acceptors (Lipinski definition) is 6. The number of likely N-dealkylation sites (tertiary alicyclic amines) is 1. The Labute approximate surface area is 135 Å². The highest BCUT2D eigenvalue weighted by atomic mass is 32.2. The summed E-state index contributed by atoms with van der Waals surface area (Å²) in [7, 11) is -2.01. The van der Waals surface area contributed by atoms with Crippen LogP contribution in [0.4, 0.5) is 0 Å². The first-order valence-corrected chi connectivity index (χ1v) is 8.86. The van der Waals surface area contributed by atoms with Gasteiger partial charge in [-0.1, -0.05) is 0 Å². The van der Waals surface area contributed by atoms with Gasteiger partial charge in [-0.15, -0.1) is 0 Å². The number of nitrogens with zero attached hydrogens (tertiary/aromatic N) is 4. The Morgan fingerprint density at radius 2 is 2.35 bits per heavy atom. The van der Waals surface area contributed by atoms with Crippen molar-refractivity contribution in [3.63, 3.8) is 0 Å².